The van der Waals surface area contributed by atoms with E-state index in [4.69, 9.17) is 4.74 Å². The standard InChI is InChI=1S/C26H21N3O6/c1-16-3-4-17(2)23(13-16)28-25(31)22(24(30)27-26(28)32)14-18-7-11-21(12-8-18)35-15-19-5-9-20(10-6-19)29(33)34/h3-14H,15H2,1-2H3,(H,27,30,32)/b22-14-. The molecule has 3 aromatic rings. The molecule has 1 heterocycles. The summed E-state index contributed by atoms with van der Waals surface area (Å²) in [7, 11) is 0. The minimum Gasteiger partial charge on any atom is -0.489 e. The Balaban J connectivity index is 1.50. The average molecular weight is 471 g/mol. The average Bonchev–Trinajstić information content (AvgIpc) is 2.83. The molecule has 4 amide bonds. The molecule has 0 unspecified atom stereocenters. The highest BCUT2D eigenvalue weighted by molar-refractivity contribution is 6.39. The van der Waals surface area contributed by atoms with E-state index in [2.05, 4.69) is 5.32 Å². The second-order valence-corrected chi connectivity index (χ2v) is 8.03. The molecule has 1 aliphatic rings. The summed E-state index contributed by atoms with van der Waals surface area (Å²) in [6.07, 6.45) is 1.42. The highest BCUT2D eigenvalue weighted by Crippen LogP contribution is 2.26. The number of nitrogens with zero attached hydrogens (tertiary/aromatic N) is 2. The number of non-ortho nitro benzene ring substituents is 1. The number of hydrogen-bond acceptors (Lipinski definition) is 6. The van der Waals surface area contributed by atoms with Crippen LogP contribution in [0.15, 0.2) is 72.3 Å². The van der Waals surface area contributed by atoms with Crippen molar-refractivity contribution in [1.29, 1.82) is 0 Å². The molecule has 0 spiro atoms. The Bertz CT molecular complexity index is 1360. The highest BCUT2D eigenvalue weighted by Gasteiger charge is 2.37. The molecule has 0 bridgehead atoms. The van der Waals surface area contributed by atoms with Crippen LogP contribution in [0.4, 0.5) is 16.2 Å². The Kier molecular flexibility index (Phi) is 6.41. The van der Waals surface area contributed by atoms with Crippen LogP contribution < -0.4 is 15.0 Å². The van der Waals surface area contributed by atoms with Gasteiger partial charge in [0.1, 0.15) is 17.9 Å². The summed E-state index contributed by atoms with van der Waals surface area (Å²) < 4.78 is 5.70. The fourth-order valence-corrected chi connectivity index (χ4v) is 3.54. The molecule has 0 atom stereocenters. The monoisotopic (exact) mass is 471 g/mol. The summed E-state index contributed by atoms with van der Waals surface area (Å²) in [5, 5.41) is 13.0. The number of urea groups is 1. The van der Waals surface area contributed by atoms with Crippen LogP contribution in [0.5, 0.6) is 5.75 Å². The van der Waals surface area contributed by atoms with Crippen molar-refractivity contribution >= 4 is 35.3 Å². The molecule has 0 aromatic heterocycles. The third-order valence-electron chi connectivity index (χ3n) is 5.45. The third-order valence-corrected chi connectivity index (χ3v) is 5.45. The van der Waals surface area contributed by atoms with Gasteiger partial charge in [-0.3, -0.25) is 25.0 Å². The van der Waals surface area contributed by atoms with Gasteiger partial charge in [-0.1, -0.05) is 24.3 Å². The first-order chi connectivity index (χ1) is 16.7. The molecule has 35 heavy (non-hydrogen) atoms. The van der Waals surface area contributed by atoms with E-state index in [9.17, 15) is 24.5 Å². The summed E-state index contributed by atoms with van der Waals surface area (Å²) in [6, 6.07) is 17.4. The van der Waals surface area contributed by atoms with E-state index in [0.717, 1.165) is 21.6 Å². The van der Waals surface area contributed by atoms with Gasteiger partial charge in [-0.2, -0.15) is 0 Å². The Morgan fingerprint density at radius 2 is 1.66 bits per heavy atom. The molecule has 1 N–H and O–H groups in total. The van der Waals surface area contributed by atoms with Gasteiger partial charge in [0.15, 0.2) is 0 Å². The number of barbiturate groups is 1. The predicted octanol–water partition coefficient (Wildman–Crippen LogP) is 4.46. The number of hydrogen-bond donors (Lipinski definition) is 1. The zero-order chi connectivity index (χ0) is 25.1. The van der Waals surface area contributed by atoms with E-state index >= 15 is 0 Å². The first-order valence-electron chi connectivity index (χ1n) is 10.7. The number of ether oxygens (including phenoxy) is 1. The lowest BCUT2D eigenvalue weighted by Gasteiger charge is -2.27. The summed E-state index contributed by atoms with van der Waals surface area (Å²) >= 11 is 0. The molecule has 1 aliphatic heterocycles. The van der Waals surface area contributed by atoms with Crippen LogP contribution in [-0.2, 0) is 16.2 Å². The number of rotatable bonds is 6. The fourth-order valence-electron chi connectivity index (χ4n) is 3.54. The van der Waals surface area contributed by atoms with Crippen molar-refractivity contribution in [2.45, 2.75) is 20.5 Å². The van der Waals surface area contributed by atoms with Crippen LogP contribution in [0.3, 0.4) is 0 Å². The number of amides is 4. The lowest BCUT2D eigenvalue weighted by molar-refractivity contribution is -0.384. The molecule has 1 saturated heterocycles. The van der Waals surface area contributed by atoms with Crippen molar-refractivity contribution in [2.75, 3.05) is 4.90 Å². The number of aryl methyl sites for hydroxylation is 2. The van der Waals surface area contributed by atoms with Gasteiger partial charge in [-0.05, 0) is 72.5 Å². The fraction of sp³-hybridized carbons (Fsp3) is 0.115. The van der Waals surface area contributed by atoms with Crippen molar-refractivity contribution in [3.63, 3.8) is 0 Å². The molecule has 0 radical (unpaired) electrons. The summed E-state index contributed by atoms with van der Waals surface area (Å²) in [6.45, 7) is 3.85. The lowest BCUT2D eigenvalue weighted by Crippen LogP contribution is -2.54. The van der Waals surface area contributed by atoms with Gasteiger partial charge >= 0.3 is 6.03 Å². The van der Waals surface area contributed by atoms with Gasteiger partial charge in [0.2, 0.25) is 0 Å². The van der Waals surface area contributed by atoms with Crippen LogP contribution in [-0.4, -0.2) is 22.8 Å². The maximum atomic E-state index is 13.1. The number of anilines is 1. The van der Waals surface area contributed by atoms with Crippen molar-refractivity contribution in [2.24, 2.45) is 0 Å². The first kappa shape index (κ1) is 23.4. The lowest BCUT2D eigenvalue weighted by atomic mass is 10.0. The molecule has 176 valence electrons. The van der Waals surface area contributed by atoms with Crippen LogP contribution in [0.1, 0.15) is 22.3 Å². The highest BCUT2D eigenvalue weighted by atomic mass is 16.6. The summed E-state index contributed by atoms with van der Waals surface area (Å²) in [5.41, 5.74) is 3.19. The van der Waals surface area contributed by atoms with E-state index in [1.165, 1.54) is 18.2 Å². The Labute approximate surface area is 200 Å². The predicted molar refractivity (Wildman–Crippen MR) is 129 cm³/mol. The van der Waals surface area contributed by atoms with Crippen LogP contribution in [0, 0.1) is 24.0 Å². The van der Waals surface area contributed by atoms with Crippen molar-refractivity contribution < 1.29 is 24.0 Å². The van der Waals surface area contributed by atoms with Gasteiger partial charge in [0, 0.05) is 12.1 Å². The number of carbonyl (C=O) groups excluding carboxylic acids is 3. The molecule has 0 saturated carbocycles. The summed E-state index contributed by atoms with van der Waals surface area (Å²) in [5.74, 6) is -0.928. The molecule has 4 rings (SSSR count). The molecular formula is C26H21N3O6. The van der Waals surface area contributed by atoms with Crippen LogP contribution >= 0.6 is 0 Å². The normalized spacial score (nSPS) is 14.7. The van der Waals surface area contributed by atoms with E-state index in [0.29, 0.717) is 17.0 Å². The molecular weight excluding hydrogens is 450 g/mol. The zero-order valence-electron chi connectivity index (χ0n) is 19.0. The quantitative estimate of drug-likeness (QED) is 0.245. The SMILES string of the molecule is Cc1ccc(C)c(N2C(=O)NC(=O)/C(=C/c3ccc(OCc4ccc([N+](=O)[O-])cc4)cc3)C2=O)c1. The van der Waals surface area contributed by atoms with Gasteiger partial charge < -0.3 is 4.74 Å². The second-order valence-electron chi connectivity index (χ2n) is 8.03. The number of nitrogens with one attached hydrogen (secondary N) is 1. The number of carbonyl (C=O) groups is 3. The van der Waals surface area contributed by atoms with E-state index in [-0.39, 0.29) is 17.9 Å². The number of imide groups is 2. The minimum atomic E-state index is -0.791. The third kappa shape index (κ3) is 5.09. The van der Waals surface area contributed by atoms with Gasteiger partial charge in [0.05, 0.1) is 10.6 Å². The summed E-state index contributed by atoms with van der Waals surface area (Å²) in [4.78, 5) is 49.3. The molecule has 1 fully saturated rings. The minimum absolute atomic E-state index is 0.00487. The topological polar surface area (TPSA) is 119 Å². The second kappa shape index (κ2) is 9.60. The Morgan fingerprint density at radius 1 is 0.971 bits per heavy atom. The molecule has 0 aliphatic carbocycles. The van der Waals surface area contributed by atoms with Crippen LogP contribution in [0.2, 0.25) is 0 Å². The molecule has 9 nitrogen and oxygen atoms in total. The number of nitro groups is 1. The number of benzene rings is 3. The van der Waals surface area contributed by atoms with E-state index in [1.54, 1.807) is 55.5 Å². The van der Waals surface area contributed by atoms with Gasteiger partial charge in [-0.15, -0.1) is 0 Å². The Hall–Kier alpha value is -4.79. The van der Waals surface area contributed by atoms with Crippen molar-refractivity contribution in [3.05, 3.63) is 105 Å². The van der Waals surface area contributed by atoms with E-state index in [1.807, 2.05) is 13.0 Å². The largest absolute Gasteiger partial charge is 0.489 e. The molecule has 9 heteroatoms. The first-order valence-corrected chi connectivity index (χ1v) is 10.7. The van der Waals surface area contributed by atoms with Crippen LogP contribution in [0.25, 0.3) is 6.08 Å². The zero-order valence-corrected chi connectivity index (χ0v) is 19.0. The maximum Gasteiger partial charge on any atom is 0.335 e. The smallest absolute Gasteiger partial charge is 0.335 e. The number of nitro benzene ring substituents is 1. The Morgan fingerprint density at radius 3 is 2.31 bits per heavy atom. The van der Waals surface area contributed by atoms with Crippen molar-refractivity contribution in [1.82, 2.24) is 5.32 Å². The van der Waals surface area contributed by atoms with Gasteiger partial charge in [-0.25, -0.2) is 9.69 Å². The molecule has 3 aromatic carbocycles. The van der Waals surface area contributed by atoms with Crippen molar-refractivity contribution in [3.8, 4) is 5.75 Å². The van der Waals surface area contributed by atoms with E-state index < -0.39 is 22.8 Å². The van der Waals surface area contributed by atoms with Gasteiger partial charge in [0.25, 0.3) is 17.5 Å². The maximum absolute atomic E-state index is 13.1.